The van der Waals surface area contributed by atoms with Crippen molar-refractivity contribution in [3.63, 3.8) is 0 Å². The minimum absolute atomic E-state index is 0.0243. The van der Waals surface area contributed by atoms with Gasteiger partial charge in [0.05, 0.1) is 18.3 Å². The van der Waals surface area contributed by atoms with Gasteiger partial charge in [-0.1, -0.05) is 11.3 Å². The van der Waals surface area contributed by atoms with E-state index in [1.165, 1.54) is 11.3 Å². The first-order valence-corrected chi connectivity index (χ1v) is 6.35. The van der Waals surface area contributed by atoms with Crippen molar-refractivity contribution < 1.29 is 9.53 Å². The number of aryl methyl sites for hydroxylation is 1. The van der Waals surface area contributed by atoms with Crippen LogP contribution >= 0.6 is 11.3 Å². The van der Waals surface area contributed by atoms with Gasteiger partial charge in [0.25, 0.3) is 5.91 Å². The Hall–Kier alpha value is -1.14. The van der Waals surface area contributed by atoms with Crippen LogP contribution in [0, 0.1) is 6.92 Å². The molecule has 5 nitrogen and oxygen atoms in total. The molecule has 0 spiro atoms. The molecule has 0 bridgehead atoms. The monoisotopic (exact) mass is 257 g/mol. The molecule has 1 aromatic heterocycles. The largest absolute Gasteiger partial charge is 0.383 e. The van der Waals surface area contributed by atoms with Crippen LogP contribution < -0.4 is 5.73 Å². The van der Waals surface area contributed by atoms with Gasteiger partial charge in [0.2, 0.25) is 0 Å². The Labute approximate surface area is 106 Å². The number of carbonyl (C=O) groups is 1. The van der Waals surface area contributed by atoms with Crippen LogP contribution in [0.15, 0.2) is 0 Å². The SMILES string of the molecule is CCN(C(=O)c1sc(N)nc1C)C(C)COC. The molecule has 0 aromatic carbocycles. The van der Waals surface area contributed by atoms with Crippen LogP contribution in [0.1, 0.15) is 29.2 Å². The Morgan fingerprint density at radius 3 is 2.71 bits per heavy atom. The lowest BCUT2D eigenvalue weighted by Gasteiger charge is -2.27. The average molecular weight is 257 g/mol. The Morgan fingerprint density at radius 1 is 1.65 bits per heavy atom. The molecular formula is C11H19N3O2S. The van der Waals surface area contributed by atoms with Crippen molar-refractivity contribution in [3.8, 4) is 0 Å². The highest BCUT2D eigenvalue weighted by molar-refractivity contribution is 7.17. The second kappa shape index (κ2) is 5.97. The molecule has 0 radical (unpaired) electrons. The first-order valence-electron chi connectivity index (χ1n) is 5.54. The first-order chi connectivity index (χ1) is 8.01. The van der Waals surface area contributed by atoms with Crippen LogP contribution in [0.25, 0.3) is 0 Å². The zero-order valence-electron chi connectivity index (χ0n) is 10.7. The topological polar surface area (TPSA) is 68.5 Å². The van der Waals surface area contributed by atoms with Crippen molar-refractivity contribution >= 4 is 22.4 Å². The minimum Gasteiger partial charge on any atom is -0.383 e. The molecule has 0 aliphatic rings. The summed E-state index contributed by atoms with van der Waals surface area (Å²) in [6.07, 6.45) is 0. The zero-order valence-corrected chi connectivity index (χ0v) is 11.5. The molecule has 0 saturated carbocycles. The molecule has 0 saturated heterocycles. The number of nitrogens with two attached hydrogens (primary N) is 1. The fourth-order valence-electron chi connectivity index (χ4n) is 1.73. The average Bonchev–Trinajstić information content (AvgIpc) is 2.59. The molecule has 2 N–H and O–H groups in total. The number of rotatable bonds is 5. The van der Waals surface area contributed by atoms with Crippen LogP contribution in [0.4, 0.5) is 5.13 Å². The van der Waals surface area contributed by atoms with E-state index in [-0.39, 0.29) is 11.9 Å². The summed E-state index contributed by atoms with van der Waals surface area (Å²) in [4.78, 5) is 18.8. The van der Waals surface area contributed by atoms with E-state index in [1.807, 2.05) is 13.8 Å². The van der Waals surface area contributed by atoms with Crippen molar-refractivity contribution in [3.05, 3.63) is 10.6 Å². The number of anilines is 1. The highest BCUT2D eigenvalue weighted by Crippen LogP contribution is 2.22. The molecule has 96 valence electrons. The molecular weight excluding hydrogens is 238 g/mol. The van der Waals surface area contributed by atoms with Gasteiger partial charge in [-0.15, -0.1) is 0 Å². The highest BCUT2D eigenvalue weighted by atomic mass is 32.1. The maximum Gasteiger partial charge on any atom is 0.266 e. The Bertz CT molecular complexity index is 392. The van der Waals surface area contributed by atoms with Gasteiger partial charge in [0.15, 0.2) is 5.13 Å². The van der Waals surface area contributed by atoms with Gasteiger partial charge in [0.1, 0.15) is 4.88 Å². The van der Waals surface area contributed by atoms with Crippen LogP contribution in [0.2, 0.25) is 0 Å². The normalized spacial score (nSPS) is 12.5. The molecule has 0 aliphatic heterocycles. The van der Waals surface area contributed by atoms with E-state index >= 15 is 0 Å². The van der Waals surface area contributed by atoms with Gasteiger partial charge in [0, 0.05) is 13.7 Å². The molecule has 0 fully saturated rings. The minimum atomic E-state index is -0.0243. The molecule has 1 rings (SSSR count). The van der Waals surface area contributed by atoms with Crippen LogP contribution in [-0.2, 0) is 4.74 Å². The summed E-state index contributed by atoms with van der Waals surface area (Å²) in [7, 11) is 1.63. The maximum atomic E-state index is 12.3. The standard InChI is InChI=1S/C11H19N3O2S/c1-5-14(7(2)6-16-4)10(15)9-8(3)13-11(12)17-9/h7H,5-6H2,1-4H3,(H2,12,13). The number of amides is 1. The smallest absolute Gasteiger partial charge is 0.266 e. The third-order valence-corrected chi connectivity index (χ3v) is 3.52. The third-order valence-electron chi connectivity index (χ3n) is 2.55. The van der Waals surface area contributed by atoms with Crippen molar-refractivity contribution in [1.29, 1.82) is 0 Å². The van der Waals surface area contributed by atoms with Gasteiger partial charge >= 0.3 is 0 Å². The fraction of sp³-hybridized carbons (Fsp3) is 0.636. The number of nitrogen functional groups attached to an aromatic ring is 1. The summed E-state index contributed by atoms with van der Waals surface area (Å²) in [5.41, 5.74) is 6.30. The molecule has 0 aliphatic carbocycles. The molecule has 17 heavy (non-hydrogen) atoms. The lowest BCUT2D eigenvalue weighted by atomic mass is 10.2. The van der Waals surface area contributed by atoms with E-state index in [2.05, 4.69) is 4.98 Å². The predicted octanol–water partition coefficient (Wildman–Crippen LogP) is 1.53. The van der Waals surface area contributed by atoms with E-state index < -0.39 is 0 Å². The Kier molecular flexibility index (Phi) is 4.89. The summed E-state index contributed by atoms with van der Waals surface area (Å²) in [6, 6.07) is 0.0419. The van der Waals surface area contributed by atoms with E-state index in [4.69, 9.17) is 10.5 Å². The number of methoxy groups -OCH3 is 1. The van der Waals surface area contributed by atoms with Gasteiger partial charge in [-0.3, -0.25) is 4.79 Å². The second-order valence-electron chi connectivity index (χ2n) is 3.86. The van der Waals surface area contributed by atoms with E-state index in [9.17, 15) is 4.79 Å². The molecule has 1 heterocycles. The number of ether oxygens (including phenoxy) is 1. The van der Waals surface area contributed by atoms with E-state index in [1.54, 1.807) is 18.9 Å². The number of nitrogens with zero attached hydrogens (tertiary/aromatic N) is 2. The quantitative estimate of drug-likeness (QED) is 0.868. The summed E-state index contributed by atoms with van der Waals surface area (Å²) < 4.78 is 5.08. The summed E-state index contributed by atoms with van der Waals surface area (Å²) in [5, 5.41) is 0.432. The summed E-state index contributed by atoms with van der Waals surface area (Å²) in [5.74, 6) is -0.0243. The molecule has 1 atom stereocenters. The van der Waals surface area contributed by atoms with Gasteiger partial charge in [-0.2, -0.15) is 0 Å². The van der Waals surface area contributed by atoms with Crippen LogP contribution in [0.5, 0.6) is 0 Å². The molecule has 1 amide bonds. The number of hydrogen-bond acceptors (Lipinski definition) is 5. The number of thiazole rings is 1. The number of carbonyl (C=O) groups excluding carboxylic acids is 1. The summed E-state index contributed by atoms with van der Waals surface area (Å²) in [6.45, 7) is 6.87. The van der Waals surface area contributed by atoms with Crippen LogP contribution in [-0.4, -0.2) is 42.1 Å². The third kappa shape index (κ3) is 3.17. The van der Waals surface area contributed by atoms with E-state index in [0.717, 1.165) is 0 Å². The predicted molar refractivity (Wildman–Crippen MR) is 69.3 cm³/mol. The van der Waals surface area contributed by atoms with Crippen molar-refractivity contribution in [2.45, 2.75) is 26.8 Å². The number of likely N-dealkylation sites (N-methyl/N-ethyl adjacent to an activating group) is 1. The van der Waals surface area contributed by atoms with Crippen molar-refractivity contribution in [2.75, 3.05) is 26.0 Å². The lowest BCUT2D eigenvalue weighted by molar-refractivity contribution is 0.0583. The van der Waals surface area contributed by atoms with Gasteiger partial charge in [-0.05, 0) is 20.8 Å². The Balaban J connectivity index is 2.89. The summed E-state index contributed by atoms with van der Waals surface area (Å²) >= 11 is 1.24. The fourth-order valence-corrected chi connectivity index (χ4v) is 2.52. The molecule has 6 heteroatoms. The zero-order chi connectivity index (χ0) is 13.0. The van der Waals surface area contributed by atoms with Gasteiger partial charge in [-0.25, -0.2) is 4.98 Å². The lowest BCUT2D eigenvalue weighted by Crippen LogP contribution is -2.40. The molecule has 1 unspecified atom stereocenters. The number of hydrogen-bond donors (Lipinski definition) is 1. The first kappa shape index (κ1) is 13.9. The number of aromatic nitrogens is 1. The van der Waals surface area contributed by atoms with E-state index in [0.29, 0.717) is 28.9 Å². The van der Waals surface area contributed by atoms with Crippen molar-refractivity contribution in [2.24, 2.45) is 0 Å². The highest BCUT2D eigenvalue weighted by Gasteiger charge is 2.23. The Morgan fingerprint density at radius 2 is 2.29 bits per heavy atom. The maximum absolute atomic E-state index is 12.3. The van der Waals surface area contributed by atoms with Gasteiger partial charge < -0.3 is 15.4 Å². The second-order valence-corrected chi connectivity index (χ2v) is 4.89. The van der Waals surface area contributed by atoms with Crippen molar-refractivity contribution in [1.82, 2.24) is 9.88 Å². The molecule has 1 aromatic rings. The van der Waals surface area contributed by atoms with Crippen LogP contribution in [0.3, 0.4) is 0 Å².